The molecule has 1 aromatic carbocycles. The number of carboxylic acid groups (broad SMARTS) is 1. The van der Waals surface area contributed by atoms with E-state index >= 15 is 0 Å². The first kappa shape index (κ1) is 15.4. The van der Waals surface area contributed by atoms with Crippen molar-refractivity contribution in [1.29, 1.82) is 0 Å². The first-order chi connectivity index (χ1) is 10.0. The molecule has 5 nitrogen and oxygen atoms in total. The number of carboxylic acids is 1. The van der Waals surface area contributed by atoms with Gasteiger partial charge in [-0.1, -0.05) is 31.0 Å². The zero-order valence-corrected chi connectivity index (χ0v) is 12.5. The summed E-state index contributed by atoms with van der Waals surface area (Å²) in [7, 11) is 0. The molecule has 2 amide bonds. The van der Waals surface area contributed by atoms with Crippen molar-refractivity contribution in [1.82, 2.24) is 4.90 Å². The maximum absolute atomic E-state index is 12.3. The number of anilines is 1. The van der Waals surface area contributed by atoms with Crippen molar-refractivity contribution in [2.75, 3.05) is 11.9 Å². The Morgan fingerprint density at radius 2 is 2.00 bits per heavy atom. The Morgan fingerprint density at radius 3 is 2.57 bits per heavy atom. The van der Waals surface area contributed by atoms with Gasteiger partial charge < -0.3 is 15.3 Å². The normalized spacial score (nSPS) is 21.9. The lowest BCUT2D eigenvalue weighted by Gasteiger charge is -2.36. The minimum absolute atomic E-state index is 0.333. The molecule has 0 aromatic heterocycles. The molecular formula is C16H22N2O3. The Morgan fingerprint density at radius 1 is 1.33 bits per heavy atom. The van der Waals surface area contributed by atoms with E-state index in [1.165, 1.54) is 4.90 Å². The molecule has 0 bridgehead atoms. The molecule has 1 aliphatic heterocycles. The fourth-order valence-corrected chi connectivity index (χ4v) is 2.72. The summed E-state index contributed by atoms with van der Waals surface area (Å²) in [6.45, 7) is 4.53. The zero-order chi connectivity index (χ0) is 15.4. The Kier molecular flexibility index (Phi) is 4.83. The highest BCUT2D eigenvalue weighted by Gasteiger charge is 2.35. The fraction of sp³-hybridized carbons (Fsp3) is 0.500. The molecule has 21 heavy (non-hydrogen) atoms. The Balaban J connectivity index is 2.06. The van der Waals surface area contributed by atoms with Crippen LogP contribution >= 0.6 is 0 Å². The summed E-state index contributed by atoms with van der Waals surface area (Å²) in [5.74, 6) is -0.540. The summed E-state index contributed by atoms with van der Waals surface area (Å²) < 4.78 is 0. The highest BCUT2D eigenvalue weighted by molar-refractivity contribution is 5.92. The minimum Gasteiger partial charge on any atom is -0.480 e. The predicted octanol–water partition coefficient (Wildman–Crippen LogP) is 3.10. The maximum atomic E-state index is 12.3. The molecule has 2 rings (SSSR count). The van der Waals surface area contributed by atoms with E-state index in [1.807, 2.05) is 31.2 Å². The van der Waals surface area contributed by atoms with Crippen LogP contribution in [0.1, 0.15) is 31.7 Å². The Hall–Kier alpha value is -2.04. The quantitative estimate of drug-likeness (QED) is 0.898. The number of aryl methyl sites for hydroxylation is 1. The van der Waals surface area contributed by atoms with Crippen LogP contribution in [-0.4, -0.2) is 34.6 Å². The molecule has 0 saturated carbocycles. The average molecular weight is 290 g/mol. The molecule has 1 saturated heterocycles. The predicted molar refractivity (Wildman–Crippen MR) is 81.3 cm³/mol. The summed E-state index contributed by atoms with van der Waals surface area (Å²) in [4.78, 5) is 25.2. The van der Waals surface area contributed by atoms with Gasteiger partial charge in [0, 0.05) is 12.2 Å². The minimum atomic E-state index is -0.924. The van der Waals surface area contributed by atoms with E-state index in [0.717, 1.165) is 18.4 Å². The maximum Gasteiger partial charge on any atom is 0.326 e. The molecule has 2 N–H and O–H groups in total. The van der Waals surface area contributed by atoms with E-state index in [4.69, 9.17) is 0 Å². The number of likely N-dealkylation sites (tertiary alicyclic amines) is 1. The first-order valence-electron chi connectivity index (χ1n) is 7.38. The molecule has 1 fully saturated rings. The summed E-state index contributed by atoms with van der Waals surface area (Å²) >= 11 is 0. The highest BCUT2D eigenvalue weighted by atomic mass is 16.4. The number of nitrogens with zero attached hydrogens (tertiary/aromatic N) is 1. The number of aliphatic carboxylic acids is 1. The van der Waals surface area contributed by atoms with Crippen molar-refractivity contribution in [2.24, 2.45) is 5.92 Å². The molecule has 1 heterocycles. The second kappa shape index (κ2) is 6.61. The lowest BCUT2D eigenvalue weighted by molar-refractivity contribution is -0.143. The van der Waals surface area contributed by atoms with E-state index in [2.05, 4.69) is 12.2 Å². The fourth-order valence-electron chi connectivity index (χ4n) is 2.72. The van der Waals surface area contributed by atoms with Crippen LogP contribution in [0.2, 0.25) is 0 Å². The number of urea groups is 1. The van der Waals surface area contributed by atoms with Gasteiger partial charge in [-0.05, 0) is 37.8 Å². The lowest BCUT2D eigenvalue weighted by atomic mass is 9.89. The van der Waals surface area contributed by atoms with E-state index < -0.39 is 12.0 Å². The number of rotatable bonds is 3. The smallest absolute Gasteiger partial charge is 0.326 e. The van der Waals surface area contributed by atoms with Crippen molar-refractivity contribution in [3.63, 3.8) is 0 Å². The number of piperidine rings is 1. The van der Waals surface area contributed by atoms with Crippen molar-refractivity contribution in [3.05, 3.63) is 29.8 Å². The van der Waals surface area contributed by atoms with Gasteiger partial charge in [-0.15, -0.1) is 0 Å². The number of hydrogen-bond donors (Lipinski definition) is 2. The molecule has 114 valence electrons. The zero-order valence-electron chi connectivity index (χ0n) is 12.5. The molecule has 1 aliphatic rings. The van der Waals surface area contributed by atoms with Crippen LogP contribution in [0.25, 0.3) is 0 Å². The Bertz CT molecular complexity index is 513. The first-order valence-corrected chi connectivity index (χ1v) is 7.38. The molecule has 0 spiro atoms. The van der Waals surface area contributed by atoms with E-state index in [0.29, 0.717) is 24.6 Å². The van der Waals surface area contributed by atoms with Crippen molar-refractivity contribution >= 4 is 17.7 Å². The average Bonchev–Trinajstić information content (AvgIpc) is 2.48. The number of carbonyl (C=O) groups excluding carboxylic acids is 1. The third kappa shape index (κ3) is 3.74. The van der Waals surface area contributed by atoms with Crippen LogP contribution < -0.4 is 5.32 Å². The SMILES string of the molecule is CCC1CCN(C(=O)Nc2ccc(C)cc2)C(C(=O)O)C1. The summed E-state index contributed by atoms with van der Waals surface area (Å²) in [5.41, 5.74) is 1.80. The molecule has 0 radical (unpaired) electrons. The van der Waals surface area contributed by atoms with Gasteiger partial charge in [-0.3, -0.25) is 0 Å². The number of nitrogens with one attached hydrogen (secondary N) is 1. The summed E-state index contributed by atoms with van der Waals surface area (Å²) in [6, 6.07) is 6.40. The van der Waals surface area contributed by atoms with Gasteiger partial charge in [0.15, 0.2) is 0 Å². The van der Waals surface area contributed by atoms with Gasteiger partial charge in [0.2, 0.25) is 0 Å². The molecule has 0 aliphatic carbocycles. The summed E-state index contributed by atoms with van der Waals surface area (Å²) in [6.07, 6.45) is 2.35. The van der Waals surface area contributed by atoms with Crippen LogP contribution in [0.5, 0.6) is 0 Å². The van der Waals surface area contributed by atoms with Crippen LogP contribution in [0.4, 0.5) is 10.5 Å². The van der Waals surface area contributed by atoms with Gasteiger partial charge in [0.1, 0.15) is 6.04 Å². The van der Waals surface area contributed by atoms with Crippen LogP contribution in [0, 0.1) is 12.8 Å². The van der Waals surface area contributed by atoms with Gasteiger partial charge in [-0.25, -0.2) is 9.59 Å². The largest absolute Gasteiger partial charge is 0.480 e. The summed E-state index contributed by atoms with van der Waals surface area (Å²) in [5, 5.41) is 12.1. The van der Waals surface area contributed by atoms with Crippen molar-refractivity contribution in [2.45, 2.75) is 39.2 Å². The van der Waals surface area contributed by atoms with Crippen LogP contribution in [-0.2, 0) is 4.79 Å². The number of carbonyl (C=O) groups is 2. The molecule has 5 heteroatoms. The van der Waals surface area contributed by atoms with E-state index in [9.17, 15) is 14.7 Å². The highest BCUT2D eigenvalue weighted by Crippen LogP contribution is 2.26. The van der Waals surface area contributed by atoms with Crippen LogP contribution in [0.15, 0.2) is 24.3 Å². The third-order valence-electron chi connectivity index (χ3n) is 4.14. The lowest BCUT2D eigenvalue weighted by Crippen LogP contribution is -2.51. The van der Waals surface area contributed by atoms with Gasteiger partial charge in [-0.2, -0.15) is 0 Å². The standard InChI is InChI=1S/C16H22N2O3/c1-3-12-8-9-18(14(10-12)15(19)20)16(21)17-13-6-4-11(2)5-7-13/h4-7,12,14H,3,8-10H2,1-2H3,(H,17,21)(H,19,20). The van der Waals surface area contributed by atoms with Gasteiger partial charge in [0.05, 0.1) is 0 Å². The van der Waals surface area contributed by atoms with E-state index in [1.54, 1.807) is 0 Å². The second-order valence-corrected chi connectivity index (χ2v) is 5.64. The van der Waals surface area contributed by atoms with Gasteiger partial charge >= 0.3 is 12.0 Å². The number of hydrogen-bond acceptors (Lipinski definition) is 2. The molecule has 1 aromatic rings. The van der Waals surface area contributed by atoms with Gasteiger partial charge in [0.25, 0.3) is 0 Å². The van der Waals surface area contributed by atoms with E-state index in [-0.39, 0.29) is 6.03 Å². The third-order valence-corrected chi connectivity index (χ3v) is 4.14. The molecule has 2 unspecified atom stereocenters. The Labute approximate surface area is 125 Å². The number of amides is 2. The topological polar surface area (TPSA) is 69.6 Å². The molecular weight excluding hydrogens is 268 g/mol. The number of benzene rings is 1. The van der Waals surface area contributed by atoms with Crippen molar-refractivity contribution < 1.29 is 14.7 Å². The molecule has 2 atom stereocenters. The van der Waals surface area contributed by atoms with Crippen molar-refractivity contribution in [3.8, 4) is 0 Å². The monoisotopic (exact) mass is 290 g/mol. The second-order valence-electron chi connectivity index (χ2n) is 5.64. The van der Waals surface area contributed by atoms with Crippen LogP contribution in [0.3, 0.4) is 0 Å².